The van der Waals surface area contributed by atoms with E-state index in [9.17, 15) is 9.59 Å². The molecule has 0 aliphatic carbocycles. The highest BCUT2D eigenvalue weighted by atomic mass is 16.5. The number of carbonyl (C=O) groups excluding carboxylic acids is 2. The molecule has 0 atom stereocenters. The van der Waals surface area contributed by atoms with Crippen molar-refractivity contribution >= 4 is 11.8 Å². The topological polar surface area (TPSA) is 96.9 Å². The molecular formula is C12H29N2O5+. The number of ether oxygens (including phenoxy) is 2. The van der Waals surface area contributed by atoms with Crippen molar-refractivity contribution in [3.63, 3.8) is 0 Å². The van der Waals surface area contributed by atoms with Crippen LogP contribution >= 0.6 is 0 Å². The van der Waals surface area contributed by atoms with Crippen molar-refractivity contribution in [1.29, 1.82) is 0 Å². The molecule has 0 rings (SSSR count). The zero-order valence-corrected chi connectivity index (χ0v) is 12.6. The molecule has 0 spiro atoms. The summed E-state index contributed by atoms with van der Waals surface area (Å²) in [7, 11) is 2.54. The predicted octanol–water partition coefficient (Wildman–Crippen LogP) is 0.344. The summed E-state index contributed by atoms with van der Waals surface area (Å²) < 4.78 is 9.46. The van der Waals surface area contributed by atoms with Crippen molar-refractivity contribution < 1.29 is 25.6 Å². The van der Waals surface area contributed by atoms with Crippen molar-refractivity contribution in [3.05, 3.63) is 0 Å². The van der Waals surface area contributed by atoms with Gasteiger partial charge in [0.2, 0.25) is 11.8 Å². The average molecular weight is 281 g/mol. The molecule has 0 aliphatic rings. The maximum Gasteiger partial charge on any atom is 1.00 e. The van der Waals surface area contributed by atoms with E-state index in [0.29, 0.717) is 32.9 Å². The molecule has 0 unspecified atom stereocenters. The van der Waals surface area contributed by atoms with Crippen LogP contribution in [0.5, 0.6) is 0 Å². The van der Waals surface area contributed by atoms with Crippen molar-refractivity contribution in [2.45, 2.75) is 33.6 Å². The molecule has 0 saturated heterocycles. The summed E-state index contributed by atoms with van der Waals surface area (Å²) in [6, 6.07) is 0. The molecule has 0 aromatic heterocycles. The first-order valence-electron chi connectivity index (χ1n) is 6.17. The zero-order chi connectivity index (χ0) is 15.5. The number of hydrogen-bond acceptors (Lipinski definition) is 5. The van der Waals surface area contributed by atoms with Crippen LogP contribution in [0, 0.1) is 0 Å². The SMILES string of the molecule is CCC(=O)NCOC.CCOCNC(=O)CC.CO.[H+]. The lowest BCUT2D eigenvalue weighted by molar-refractivity contribution is -0.123. The zero-order valence-electron chi connectivity index (χ0n) is 13.6. The lowest BCUT2D eigenvalue weighted by atomic mass is 10.5. The van der Waals surface area contributed by atoms with E-state index in [4.69, 9.17) is 9.84 Å². The van der Waals surface area contributed by atoms with E-state index in [-0.39, 0.29) is 13.2 Å². The summed E-state index contributed by atoms with van der Waals surface area (Å²) in [5.41, 5.74) is 0. The fourth-order valence-electron chi connectivity index (χ4n) is 0.636. The molecule has 0 bridgehead atoms. The van der Waals surface area contributed by atoms with E-state index in [1.165, 1.54) is 7.11 Å². The third kappa shape index (κ3) is 26.4. The Bertz CT molecular complexity index is 206. The van der Waals surface area contributed by atoms with Gasteiger partial charge in [-0.05, 0) is 6.92 Å². The first-order chi connectivity index (χ1) is 9.12. The minimum absolute atomic E-state index is 0. The minimum atomic E-state index is 0. The normalized spacial score (nSPS) is 8.32. The van der Waals surface area contributed by atoms with Gasteiger partial charge in [0.1, 0.15) is 13.5 Å². The third-order valence-electron chi connectivity index (χ3n) is 1.63. The Balaban J connectivity index is -0.000000109. The number of aliphatic hydroxyl groups excluding tert-OH is 1. The van der Waals surface area contributed by atoms with Crippen LogP contribution in [0.15, 0.2) is 0 Å². The molecule has 3 N–H and O–H groups in total. The summed E-state index contributed by atoms with van der Waals surface area (Å²) in [4.78, 5) is 20.9. The Morgan fingerprint density at radius 3 is 1.74 bits per heavy atom. The van der Waals surface area contributed by atoms with Crippen LogP contribution < -0.4 is 10.6 Å². The van der Waals surface area contributed by atoms with E-state index < -0.39 is 0 Å². The maximum absolute atomic E-state index is 10.5. The summed E-state index contributed by atoms with van der Waals surface area (Å²) >= 11 is 0. The Hall–Kier alpha value is -1.18. The molecule has 116 valence electrons. The average Bonchev–Trinajstić information content (AvgIpc) is 2.47. The number of nitrogens with one attached hydrogen (secondary N) is 2. The van der Waals surface area contributed by atoms with Crippen molar-refractivity contribution in [3.8, 4) is 0 Å². The molecule has 2 amide bonds. The summed E-state index contributed by atoms with van der Waals surface area (Å²) in [5.74, 6) is 0.0512. The minimum Gasteiger partial charge on any atom is -0.400 e. The van der Waals surface area contributed by atoms with E-state index in [2.05, 4.69) is 15.4 Å². The largest absolute Gasteiger partial charge is 1.00 e. The van der Waals surface area contributed by atoms with Gasteiger partial charge in [-0.3, -0.25) is 9.59 Å². The number of carbonyl (C=O) groups is 2. The highest BCUT2D eigenvalue weighted by Gasteiger charge is 1.92. The van der Waals surface area contributed by atoms with Gasteiger partial charge in [0.05, 0.1) is 0 Å². The molecule has 7 heteroatoms. The summed E-state index contributed by atoms with van der Waals surface area (Å²) in [5, 5.41) is 12.1. The first kappa shape index (κ1) is 23.0. The molecule has 0 fully saturated rings. The van der Waals surface area contributed by atoms with Crippen LogP contribution in [0.25, 0.3) is 0 Å². The fraction of sp³-hybridized carbons (Fsp3) is 0.833. The molecule has 0 saturated carbocycles. The molecule has 0 heterocycles. The van der Waals surface area contributed by atoms with Gasteiger partial charge < -0.3 is 25.2 Å². The van der Waals surface area contributed by atoms with E-state index >= 15 is 0 Å². The second-order valence-corrected chi connectivity index (χ2v) is 2.98. The Labute approximate surface area is 117 Å². The molecule has 0 aliphatic heterocycles. The Morgan fingerprint density at radius 2 is 1.42 bits per heavy atom. The van der Waals surface area contributed by atoms with E-state index in [0.717, 1.165) is 7.11 Å². The Kier molecular flexibility index (Phi) is 26.6. The number of aliphatic hydroxyl groups is 1. The van der Waals surface area contributed by atoms with Crippen LogP contribution in [0.3, 0.4) is 0 Å². The van der Waals surface area contributed by atoms with Crippen LogP contribution in [0.2, 0.25) is 0 Å². The van der Waals surface area contributed by atoms with Gasteiger partial charge in [-0.1, -0.05) is 13.8 Å². The summed E-state index contributed by atoms with van der Waals surface area (Å²) in [6.45, 7) is 6.78. The van der Waals surface area contributed by atoms with Gasteiger partial charge in [-0.25, -0.2) is 0 Å². The maximum atomic E-state index is 10.5. The molecular weight excluding hydrogens is 252 g/mol. The van der Waals surface area contributed by atoms with Crippen LogP contribution in [0.4, 0.5) is 0 Å². The Morgan fingerprint density at radius 1 is 1.00 bits per heavy atom. The van der Waals surface area contributed by atoms with Crippen LogP contribution in [-0.4, -0.2) is 51.2 Å². The van der Waals surface area contributed by atoms with E-state index in [1.807, 2.05) is 6.92 Å². The van der Waals surface area contributed by atoms with Crippen molar-refractivity contribution in [1.82, 2.24) is 10.6 Å². The lowest BCUT2D eigenvalue weighted by Crippen LogP contribution is -2.24. The second kappa shape index (κ2) is 22.0. The van der Waals surface area contributed by atoms with Gasteiger partial charge in [0, 0.05) is 33.7 Å². The van der Waals surface area contributed by atoms with Gasteiger partial charge in [0.25, 0.3) is 0 Å². The number of amides is 2. The van der Waals surface area contributed by atoms with Crippen molar-refractivity contribution in [2.75, 3.05) is 34.3 Å². The standard InChI is InChI=1S/C6H13NO2.C5H11NO2.CH4O/c1-3-6(8)7-5-9-4-2;1-3-5(7)6-4-8-2;1-2/h3-5H2,1-2H3,(H,7,8);3-4H2,1-2H3,(H,6,7);2H,1H3/p+1. The van der Waals surface area contributed by atoms with Gasteiger partial charge >= 0.3 is 1.43 Å². The van der Waals surface area contributed by atoms with Crippen LogP contribution in [0.1, 0.15) is 35.0 Å². The number of methoxy groups -OCH3 is 1. The highest BCUT2D eigenvalue weighted by Crippen LogP contribution is 1.74. The molecule has 0 aromatic carbocycles. The number of rotatable bonds is 7. The van der Waals surface area contributed by atoms with Crippen LogP contribution in [-0.2, 0) is 19.1 Å². The highest BCUT2D eigenvalue weighted by molar-refractivity contribution is 5.75. The van der Waals surface area contributed by atoms with Gasteiger partial charge in [-0.15, -0.1) is 0 Å². The quantitative estimate of drug-likeness (QED) is 0.462. The number of hydrogen-bond donors (Lipinski definition) is 3. The molecule has 7 nitrogen and oxygen atoms in total. The lowest BCUT2D eigenvalue weighted by Gasteiger charge is -2.01. The first-order valence-corrected chi connectivity index (χ1v) is 6.17. The summed E-state index contributed by atoms with van der Waals surface area (Å²) in [6.07, 6.45) is 1.04. The predicted molar refractivity (Wildman–Crippen MR) is 74.5 cm³/mol. The third-order valence-corrected chi connectivity index (χ3v) is 1.63. The molecule has 0 aromatic rings. The molecule has 0 radical (unpaired) electrons. The molecule has 19 heavy (non-hydrogen) atoms. The van der Waals surface area contributed by atoms with E-state index in [1.54, 1.807) is 13.8 Å². The second-order valence-electron chi connectivity index (χ2n) is 2.98. The monoisotopic (exact) mass is 281 g/mol. The van der Waals surface area contributed by atoms with Gasteiger partial charge in [0.15, 0.2) is 0 Å². The smallest absolute Gasteiger partial charge is 0.400 e. The fourth-order valence-corrected chi connectivity index (χ4v) is 0.636. The van der Waals surface area contributed by atoms with Gasteiger partial charge in [-0.2, -0.15) is 0 Å². The van der Waals surface area contributed by atoms with Crippen molar-refractivity contribution in [2.24, 2.45) is 0 Å².